The van der Waals surface area contributed by atoms with E-state index in [4.69, 9.17) is 5.84 Å². The van der Waals surface area contributed by atoms with E-state index in [-0.39, 0.29) is 16.7 Å². The van der Waals surface area contributed by atoms with E-state index in [1.165, 1.54) is 0 Å². The maximum Gasteiger partial charge on any atom is 0.253 e. The summed E-state index contributed by atoms with van der Waals surface area (Å²) in [6.45, 7) is 11.7. The van der Waals surface area contributed by atoms with Gasteiger partial charge in [0.2, 0.25) is 0 Å². The average molecular weight is 275 g/mol. The van der Waals surface area contributed by atoms with Crippen molar-refractivity contribution >= 4 is 11.6 Å². The summed E-state index contributed by atoms with van der Waals surface area (Å²) in [6, 6.07) is 5.61. The minimum Gasteiger partial charge on any atom is -0.352 e. The molecule has 0 atom stereocenters. The fourth-order valence-electron chi connectivity index (χ4n) is 3.11. The lowest BCUT2D eigenvalue weighted by atomic mass is 10.0. The number of carbonyl (C=O) groups excluding carboxylic acids is 1. The van der Waals surface area contributed by atoms with Crippen LogP contribution < -0.4 is 16.6 Å². The van der Waals surface area contributed by atoms with E-state index < -0.39 is 0 Å². The molecule has 20 heavy (non-hydrogen) atoms. The maximum absolute atomic E-state index is 12.3. The number of amides is 1. The zero-order chi connectivity index (χ0) is 15.1. The molecule has 1 aliphatic rings. The zero-order valence-corrected chi connectivity index (χ0v) is 13.0. The van der Waals surface area contributed by atoms with Crippen molar-refractivity contribution in [2.24, 2.45) is 22.6 Å². The lowest BCUT2D eigenvalue weighted by Gasteiger charge is -2.11. The summed E-state index contributed by atoms with van der Waals surface area (Å²) in [5.74, 6) is 5.91. The molecule has 2 rings (SSSR count). The van der Waals surface area contributed by atoms with Gasteiger partial charge in [-0.15, -0.1) is 0 Å². The molecule has 1 aromatic carbocycles. The third-order valence-corrected chi connectivity index (χ3v) is 5.36. The highest BCUT2D eigenvalue weighted by atomic mass is 16.1. The number of carbonyl (C=O) groups is 1. The predicted molar refractivity (Wildman–Crippen MR) is 82.4 cm³/mol. The standard InChI is InChI=1S/C16H25N3O/c1-10-6-7-12(19-17)11(8-10)14(20)18-9-13-15(2,3)16(13,4)5/h6-8,13,19H,9,17H2,1-5H3,(H,18,20). The maximum atomic E-state index is 12.3. The van der Waals surface area contributed by atoms with Crippen molar-refractivity contribution in [2.45, 2.75) is 34.6 Å². The summed E-state index contributed by atoms with van der Waals surface area (Å²) >= 11 is 0. The molecule has 0 aromatic heterocycles. The zero-order valence-electron chi connectivity index (χ0n) is 13.0. The van der Waals surface area contributed by atoms with Crippen LogP contribution in [0.2, 0.25) is 0 Å². The summed E-state index contributed by atoms with van der Waals surface area (Å²) in [6.07, 6.45) is 0. The van der Waals surface area contributed by atoms with Gasteiger partial charge in [-0.3, -0.25) is 10.6 Å². The minimum absolute atomic E-state index is 0.0693. The van der Waals surface area contributed by atoms with Gasteiger partial charge in [-0.25, -0.2) is 0 Å². The normalized spacial score (nSPS) is 19.5. The van der Waals surface area contributed by atoms with Crippen LogP contribution in [0, 0.1) is 23.7 Å². The lowest BCUT2D eigenvalue weighted by molar-refractivity contribution is 0.0950. The van der Waals surface area contributed by atoms with Gasteiger partial charge < -0.3 is 10.7 Å². The third-order valence-electron chi connectivity index (χ3n) is 5.36. The molecule has 1 saturated carbocycles. The van der Waals surface area contributed by atoms with Gasteiger partial charge in [-0.2, -0.15) is 0 Å². The van der Waals surface area contributed by atoms with Crippen LogP contribution in [-0.2, 0) is 0 Å². The number of nitrogens with one attached hydrogen (secondary N) is 2. The summed E-state index contributed by atoms with van der Waals surface area (Å²) in [4.78, 5) is 12.3. The number of hydrogen-bond donors (Lipinski definition) is 3. The topological polar surface area (TPSA) is 67.1 Å². The Kier molecular flexibility index (Phi) is 3.54. The number of anilines is 1. The van der Waals surface area contributed by atoms with Gasteiger partial charge in [0.15, 0.2) is 0 Å². The van der Waals surface area contributed by atoms with E-state index in [0.717, 1.165) is 5.56 Å². The van der Waals surface area contributed by atoms with Crippen LogP contribution in [0.15, 0.2) is 18.2 Å². The first kappa shape index (κ1) is 14.9. The van der Waals surface area contributed by atoms with Crippen molar-refractivity contribution in [1.82, 2.24) is 5.32 Å². The Morgan fingerprint density at radius 1 is 1.25 bits per heavy atom. The molecular weight excluding hydrogens is 250 g/mol. The smallest absolute Gasteiger partial charge is 0.253 e. The van der Waals surface area contributed by atoms with Crippen molar-refractivity contribution in [3.8, 4) is 0 Å². The van der Waals surface area contributed by atoms with Crippen molar-refractivity contribution < 1.29 is 4.79 Å². The number of benzene rings is 1. The Morgan fingerprint density at radius 2 is 1.85 bits per heavy atom. The van der Waals surface area contributed by atoms with Gasteiger partial charge >= 0.3 is 0 Å². The first-order chi connectivity index (χ1) is 9.21. The molecule has 0 unspecified atom stereocenters. The molecule has 1 amide bonds. The van der Waals surface area contributed by atoms with E-state index in [9.17, 15) is 4.79 Å². The molecule has 0 heterocycles. The molecule has 1 aromatic rings. The summed E-state index contributed by atoms with van der Waals surface area (Å²) in [5, 5.41) is 3.04. The molecule has 0 bridgehead atoms. The van der Waals surface area contributed by atoms with Gasteiger partial charge in [0.05, 0.1) is 11.3 Å². The molecular formula is C16H25N3O. The van der Waals surface area contributed by atoms with Crippen molar-refractivity contribution in [2.75, 3.05) is 12.0 Å². The second-order valence-corrected chi connectivity index (χ2v) is 6.90. The highest BCUT2D eigenvalue weighted by Crippen LogP contribution is 2.67. The molecule has 0 radical (unpaired) electrons. The van der Waals surface area contributed by atoms with Gasteiger partial charge in [-0.05, 0) is 35.8 Å². The van der Waals surface area contributed by atoms with Crippen LogP contribution in [0.4, 0.5) is 5.69 Å². The van der Waals surface area contributed by atoms with Gasteiger partial charge in [-0.1, -0.05) is 39.3 Å². The van der Waals surface area contributed by atoms with Crippen LogP contribution in [0.3, 0.4) is 0 Å². The van der Waals surface area contributed by atoms with E-state index in [2.05, 4.69) is 38.4 Å². The van der Waals surface area contributed by atoms with Crippen LogP contribution in [-0.4, -0.2) is 12.5 Å². The Balaban J connectivity index is 2.05. The second kappa shape index (κ2) is 4.77. The average Bonchev–Trinajstić information content (AvgIpc) is 2.76. The van der Waals surface area contributed by atoms with Crippen molar-refractivity contribution in [3.63, 3.8) is 0 Å². The minimum atomic E-state index is -0.0693. The molecule has 0 saturated heterocycles. The van der Waals surface area contributed by atoms with Crippen molar-refractivity contribution in [3.05, 3.63) is 29.3 Å². The fourth-order valence-corrected chi connectivity index (χ4v) is 3.11. The number of hydrazine groups is 1. The monoisotopic (exact) mass is 275 g/mol. The van der Waals surface area contributed by atoms with Gasteiger partial charge in [0.1, 0.15) is 0 Å². The fraction of sp³-hybridized carbons (Fsp3) is 0.562. The van der Waals surface area contributed by atoms with Crippen LogP contribution in [0.25, 0.3) is 0 Å². The second-order valence-electron chi connectivity index (χ2n) is 6.90. The van der Waals surface area contributed by atoms with Crippen LogP contribution in [0.1, 0.15) is 43.6 Å². The molecule has 4 N–H and O–H groups in total. The molecule has 4 nitrogen and oxygen atoms in total. The molecule has 4 heteroatoms. The first-order valence-electron chi connectivity index (χ1n) is 7.07. The van der Waals surface area contributed by atoms with Gasteiger partial charge in [0, 0.05) is 6.54 Å². The van der Waals surface area contributed by atoms with E-state index in [1.807, 2.05) is 25.1 Å². The number of nitrogens with two attached hydrogens (primary N) is 1. The van der Waals surface area contributed by atoms with Crippen molar-refractivity contribution in [1.29, 1.82) is 0 Å². The highest BCUT2D eigenvalue weighted by Gasteiger charge is 2.64. The Morgan fingerprint density at radius 3 is 2.35 bits per heavy atom. The Bertz CT molecular complexity index is 521. The molecule has 1 fully saturated rings. The highest BCUT2D eigenvalue weighted by molar-refractivity contribution is 5.99. The third kappa shape index (κ3) is 2.29. The Hall–Kier alpha value is -1.55. The first-order valence-corrected chi connectivity index (χ1v) is 7.07. The predicted octanol–water partition coefficient (Wildman–Crippen LogP) is 2.69. The van der Waals surface area contributed by atoms with E-state index >= 15 is 0 Å². The number of hydrogen-bond acceptors (Lipinski definition) is 3. The molecule has 0 aliphatic heterocycles. The quantitative estimate of drug-likeness (QED) is 0.584. The number of aryl methyl sites for hydroxylation is 1. The van der Waals surface area contributed by atoms with Gasteiger partial charge in [0.25, 0.3) is 5.91 Å². The van der Waals surface area contributed by atoms with E-state index in [0.29, 0.717) is 23.7 Å². The Labute approximate surface area is 121 Å². The largest absolute Gasteiger partial charge is 0.352 e. The van der Waals surface area contributed by atoms with Crippen LogP contribution >= 0.6 is 0 Å². The summed E-state index contributed by atoms with van der Waals surface area (Å²) in [5.41, 5.74) is 5.44. The number of rotatable bonds is 4. The molecule has 0 spiro atoms. The molecule has 1 aliphatic carbocycles. The molecule has 110 valence electrons. The van der Waals surface area contributed by atoms with Crippen LogP contribution in [0.5, 0.6) is 0 Å². The SMILES string of the molecule is Cc1ccc(NN)c(C(=O)NCC2C(C)(C)C2(C)C)c1. The summed E-state index contributed by atoms with van der Waals surface area (Å²) in [7, 11) is 0. The number of nitrogen functional groups attached to an aromatic ring is 1. The summed E-state index contributed by atoms with van der Waals surface area (Å²) < 4.78 is 0. The lowest BCUT2D eigenvalue weighted by Crippen LogP contribution is -2.28. The van der Waals surface area contributed by atoms with E-state index in [1.54, 1.807) is 0 Å².